The summed E-state index contributed by atoms with van der Waals surface area (Å²) in [5.74, 6) is -0.961. The van der Waals surface area contributed by atoms with Crippen LogP contribution in [0.3, 0.4) is 0 Å². The molecule has 1 fully saturated rings. The minimum Gasteiger partial charge on any atom is -0.480 e. The van der Waals surface area contributed by atoms with Gasteiger partial charge in [-0.15, -0.1) is 12.4 Å². The van der Waals surface area contributed by atoms with Gasteiger partial charge in [0.15, 0.2) is 0 Å². The maximum atomic E-state index is 12.5. The van der Waals surface area contributed by atoms with E-state index in [0.717, 1.165) is 25.9 Å². The third-order valence-electron chi connectivity index (χ3n) is 4.64. The number of carboxylic acid groups (broad SMARTS) is 1. The number of piperidine rings is 1. The minimum absolute atomic E-state index is 0. The molecule has 0 saturated carbocycles. The number of amides is 1. The Balaban J connectivity index is 0.00000338. The molecule has 0 bridgehead atoms. The minimum atomic E-state index is -0.823. The summed E-state index contributed by atoms with van der Waals surface area (Å²) >= 11 is 12.1. The van der Waals surface area contributed by atoms with E-state index in [1.54, 1.807) is 18.2 Å². The Kier molecular flexibility index (Phi) is 9.13. The highest BCUT2D eigenvalue weighted by Crippen LogP contribution is 2.29. The van der Waals surface area contributed by atoms with Crippen molar-refractivity contribution in [2.45, 2.75) is 31.8 Å². The lowest BCUT2D eigenvalue weighted by Crippen LogP contribution is -2.50. The summed E-state index contributed by atoms with van der Waals surface area (Å²) in [5.41, 5.74) is 0.502. The fourth-order valence-electron chi connectivity index (χ4n) is 3.06. The van der Waals surface area contributed by atoms with Gasteiger partial charge < -0.3 is 10.4 Å². The van der Waals surface area contributed by atoms with Crippen LogP contribution < -0.4 is 5.32 Å². The standard InChI is InChI=1S/C17H23Cl2N3O3.ClH/c1-11(17(25)20-14-5-3-4-13(18)16(14)19)22-8-6-12(7-9-22)21(2)10-15(23)24;/h3-5,11-12H,6-10H2,1-2H3,(H,20,25)(H,23,24);1H. The topological polar surface area (TPSA) is 72.9 Å². The van der Waals surface area contributed by atoms with Crippen LogP contribution in [-0.4, -0.2) is 65.5 Å². The number of rotatable bonds is 6. The second kappa shape index (κ2) is 10.3. The fraction of sp³-hybridized carbons (Fsp3) is 0.529. The maximum absolute atomic E-state index is 12.5. The number of likely N-dealkylation sites (tertiary alicyclic amines) is 1. The van der Waals surface area contributed by atoms with E-state index < -0.39 is 5.97 Å². The van der Waals surface area contributed by atoms with Crippen molar-refractivity contribution >= 4 is 53.2 Å². The van der Waals surface area contributed by atoms with Crippen LogP contribution in [0, 0.1) is 0 Å². The molecular weight excluding hydrogens is 401 g/mol. The van der Waals surface area contributed by atoms with Crippen LogP contribution in [0.4, 0.5) is 5.69 Å². The first-order valence-electron chi connectivity index (χ1n) is 8.20. The first-order valence-corrected chi connectivity index (χ1v) is 8.96. The molecule has 1 atom stereocenters. The molecule has 9 heteroatoms. The molecule has 1 aliphatic rings. The molecule has 1 aromatic rings. The van der Waals surface area contributed by atoms with Crippen molar-refractivity contribution in [1.29, 1.82) is 0 Å². The number of benzene rings is 1. The molecule has 1 amide bonds. The highest BCUT2D eigenvalue weighted by atomic mass is 35.5. The second-order valence-corrected chi connectivity index (χ2v) is 7.13. The summed E-state index contributed by atoms with van der Waals surface area (Å²) in [7, 11) is 1.83. The molecule has 146 valence electrons. The molecule has 1 aromatic carbocycles. The molecule has 6 nitrogen and oxygen atoms in total. The predicted molar refractivity (Wildman–Crippen MR) is 107 cm³/mol. The zero-order valence-corrected chi connectivity index (χ0v) is 17.1. The number of carbonyl (C=O) groups is 2. The van der Waals surface area contributed by atoms with Crippen molar-refractivity contribution in [3.63, 3.8) is 0 Å². The lowest BCUT2D eigenvalue weighted by molar-refractivity contribution is -0.138. The summed E-state index contributed by atoms with van der Waals surface area (Å²) in [6, 6.07) is 5.04. The number of aliphatic carboxylic acids is 1. The second-order valence-electron chi connectivity index (χ2n) is 6.34. The third kappa shape index (κ3) is 5.99. The molecule has 1 heterocycles. The Morgan fingerprint density at radius 3 is 2.54 bits per heavy atom. The number of likely N-dealkylation sites (N-methyl/N-ethyl adjacent to an activating group) is 1. The molecule has 1 unspecified atom stereocenters. The van der Waals surface area contributed by atoms with Gasteiger partial charge in [-0.3, -0.25) is 19.4 Å². The summed E-state index contributed by atoms with van der Waals surface area (Å²) in [5, 5.41) is 12.4. The fourth-order valence-corrected chi connectivity index (χ4v) is 3.41. The highest BCUT2D eigenvalue weighted by molar-refractivity contribution is 6.44. The van der Waals surface area contributed by atoms with Gasteiger partial charge in [0.05, 0.1) is 28.3 Å². The van der Waals surface area contributed by atoms with Crippen molar-refractivity contribution in [3.8, 4) is 0 Å². The number of nitrogens with one attached hydrogen (secondary N) is 1. The van der Waals surface area contributed by atoms with E-state index in [2.05, 4.69) is 10.2 Å². The van der Waals surface area contributed by atoms with E-state index >= 15 is 0 Å². The van der Waals surface area contributed by atoms with Gasteiger partial charge >= 0.3 is 5.97 Å². The Hall–Kier alpha value is -1.05. The maximum Gasteiger partial charge on any atom is 0.317 e. The molecular formula is C17H24Cl3N3O3. The zero-order valence-electron chi connectivity index (χ0n) is 14.7. The van der Waals surface area contributed by atoms with Crippen molar-refractivity contribution < 1.29 is 14.7 Å². The van der Waals surface area contributed by atoms with Crippen molar-refractivity contribution in [1.82, 2.24) is 9.80 Å². The van der Waals surface area contributed by atoms with E-state index in [0.29, 0.717) is 15.7 Å². The average Bonchev–Trinajstić information content (AvgIpc) is 2.57. The molecule has 0 aliphatic carbocycles. The Morgan fingerprint density at radius 1 is 1.35 bits per heavy atom. The normalized spacial score (nSPS) is 16.8. The van der Waals surface area contributed by atoms with Gasteiger partial charge in [-0.25, -0.2) is 0 Å². The third-order valence-corrected chi connectivity index (χ3v) is 5.46. The number of nitrogens with zero attached hydrogens (tertiary/aromatic N) is 2. The number of halogens is 3. The zero-order chi connectivity index (χ0) is 18.6. The van der Waals surface area contributed by atoms with Crippen LogP contribution in [0.15, 0.2) is 18.2 Å². The van der Waals surface area contributed by atoms with Crippen molar-refractivity contribution in [2.75, 3.05) is 32.0 Å². The number of carboxylic acids is 1. The smallest absolute Gasteiger partial charge is 0.317 e. The van der Waals surface area contributed by atoms with E-state index in [4.69, 9.17) is 28.3 Å². The Labute approximate surface area is 169 Å². The monoisotopic (exact) mass is 423 g/mol. The van der Waals surface area contributed by atoms with E-state index in [-0.39, 0.29) is 36.9 Å². The summed E-state index contributed by atoms with van der Waals surface area (Å²) < 4.78 is 0. The molecule has 0 spiro atoms. The molecule has 2 rings (SSSR count). The molecule has 1 saturated heterocycles. The Bertz CT molecular complexity index is 637. The summed E-state index contributed by atoms with van der Waals surface area (Å²) in [6.07, 6.45) is 1.67. The molecule has 2 N–H and O–H groups in total. The van der Waals surface area contributed by atoms with E-state index in [9.17, 15) is 9.59 Å². The number of anilines is 1. The van der Waals surface area contributed by atoms with Crippen LogP contribution in [-0.2, 0) is 9.59 Å². The van der Waals surface area contributed by atoms with Gasteiger partial charge in [-0.1, -0.05) is 29.3 Å². The van der Waals surface area contributed by atoms with Gasteiger partial charge in [0.25, 0.3) is 0 Å². The van der Waals surface area contributed by atoms with Crippen LogP contribution in [0.2, 0.25) is 10.0 Å². The van der Waals surface area contributed by atoms with Crippen molar-refractivity contribution in [3.05, 3.63) is 28.2 Å². The van der Waals surface area contributed by atoms with Crippen LogP contribution in [0.25, 0.3) is 0 Å². The average molecular weight is 425 g/mol. The van der Waals surface area contributed by atoms with Crippen LogP contribution in [0.5, 0.6) is 0 Å². The summed E-state index contributed by atoms with van der Waals surface area (Å²) in [6.45, 7) is 3.38. The van der Waals surface area contributed by atoms with Gasteiger partial charge in [-0.2, -0.15) is 0 Å². The van der Waals surface area contributed by atoms with Gasteiger partial charge in [0.2, 0.25) is 5.91 Å². The van der Waals surface area contributed by atoms with Gasteiger partial charge in [-0.05, 0) is 38.9 Å². The quantitative estimate of drug-likeness (QED) is 0.733. The molecule has 0 radical (unpaired) electrons. The number of hydrogen-bond donors (Lipinski definition) is 2. The largest absolute Gasteiger partial charge is 0.480 e. The highest BCUT2D eigenvalue weighted by Gasteiger charge is 2.29. The Morgan fingerprint density at radius 2 is 1.96 bits per heavy atom. The molecule has 1 aliphatic heterocycles. The first-order chi connectivity index (χ1) is 11.8. The van der Waals surface area contributed by atoms with Gasteiger partial charge in [0.1, 0.15) is 0 Å². The first kappa shape index (κ1) is 23.0. The van der Waals surface area contributed by atoms with E-state index in [1.165, 1.54) is 0 Å². The number of carbonyl (C=O) groups excluding carboxylic acids is 1. The lowest BCUT2D eigenvalue weighted by atomic mass is 10.0. The molecule has 26 heavy (non-hydrogen) atoms. The van der Waals surface area contributed by atoms with Crippen molar-refractivity contribution in [2.24, 2.45) is 0 Å². The summed E-state index contributed by atoms with van der Waals surface area (Å²) in [4.78, 5) is 27.3. The predicted octanol–water partition coefficient (Wildman–Crippen LogP) is 3.22. The van der Waals surface area contributed by atoms with Crippen LogP contribution in [0.1, 0.15) is 19.8 Å². The SMILES string of the molecule is CC(C(=O)Nc1cccc(Cl)c1Cl)N1CCC(N(C)CC(=O)O)CC1.Cl. The van der Waals surface area contributed by atoms with E-state index in [1.807, 2.05) is 18.9 Å². The van der Waals surface area contributed by atoms with Crippen LogP contribution >= 0.6 is 35.6 Å². The molecule has 0 aromatic heterocycles. The van der Waals surface area contributed by atoms with Gasteiger partial charge in [0, 0.05) is 19.1 Å². The lowest BCUT2D eigenvalue weighted by Gasteiger charge is -2.38. The number of hydrogen-bond acceptors (Lipinski definition) is 4.